The fourth-order valence-electron chi connectivity index (χ4n) is 3.45. The van der Waals surface area contributed by atoms with Crippen molar-refractivity contribution in [2.45, 2.75) is 38.4 Å². The van der Waals surface area contributed by atoms with Crippen LogP contribution in [0.4, 0.5) is 0 Å². The SMILES string of the molecule is CCN1C(=O)[C@H]2[C@@H]3CC[C@](C)(O3)[C@@H]2C1=O. The van der Waals surface area contributed by atoms with E-state index in [0.29, 0.717) is 6.54 Å². The predicted octanol–water partition coefficient (Wildman–Crippen LogP) is 0.559. The van der Waals surface area contributed by atoms with E-state index in [9.17, 15) is 9.59 Å². The highest BCUT2D eigenvalue weighted by Gasteiger charge is 2.67. The number of ether oxygens (including phenoxy) is 1. The Hall–Kier alpha value is -0.900. The van der Waals surface area contributed by atoms with Gasteiger partial charge in [0, 0.05) is 6.54 Å². The van der Waals surface area contributed by atoms with Crippen molar-refractivity contribution in [3.63, 3.8) is 0 Å². The van der Waals surface area contributed by atoms with Gasteiger partial charge in [0.1, 0.15) is 0 Å². The molecule has 4 heteroatoms. The quantitative estimate of drug-likeness (QED) is 0.593. The van der Waals surface area contributed by atoms with Gasteiger partial charge in [0.25, 0.3) is 0 Å². The number of rotatable bonds is 1. The number of nitrogens with zero attached hydrogens (tertiary/aromatic N) is 1. The van der Waals surface area contributed by atoms with Gasteiger partial charge in [-0.15, -0.1) is 0 Å². The van der Waals surface area contributed by atoms with Gasteiger partial charge in [0.2, 0.25) is 11.8 Å². The number of carbonyl (C=O) groups excluding carboxylic acids is 2. The Bertz CT molecular complexity index is 354. The molecule has 0 aliphatic carbocycles. The molecular weight excluding hydrogens is 194 g/mol. The van der Waals surface area contributed by atoms with Crippen LogP contribution in [0.25, 0.3) is 0 Å². The van der Waals surface area contributed by atoms with Crippen LogP contribution in [0.5, 0.6) is 0 Å². The number of likely N-dealkylation sites (tertiary alicyclic amines) is 1. The van der Waals surface area contributed by atoms with Crippen molar-refractivity contribution >= 4 is 11.8 Å². The Balaban J connectivity index is 2.03. The molecule has 3 aliphatic heterocycles. The van der Waals surface area contributed by atoms with E-state index in [4.69, 9.17) is 4.74 Å². The number of fused-ring (bicyclic) bond motifs is 5. The van der Waals surface area contributed by atoms with E-state index in [0.717, 1.165) is 12.8 Å². The summed E-state index contributed by atoms with van der Waals surface area (Å²) in [4.78, 5) is 25.4. The summed E-state index contributed by atoms with van der Waals surface area (Å²) >= 11 is 0. The summed E-state index contributed by atoms with van der Waals surface area (Å²) in [6, 6.07) is 0. The Morgan fingerprint density at radius 1 is 1.47 bits per heavy atom. The van der Waals surface area contributed by atoms with Crippen molar-refractivity contribution in [2.75, 3.05) is 6.54 Å². The highest BCUT2D eigenvalue weighted by Crippen LogP contribution is 2.54. The van der Waals surface area contributed by atoms with Crippen LogP contribution in [0.1, 0.15) is 26.7 Å². The third-order valence-corrected chi connectivity index (χ3v) is 4.16. The molecule has 4 atom stereocenters. The molecule has 0 saturated carbocycles. The van der Waals surface area contributed by atoms with Gasteiger partial charge in [0.05, 0.1) is 23.5 Å². The molecule has 3 fully saturated rings. The van der Waals surface area contributed by atoms with Gasteiger partial charge in [-0.2, -0.15) is 0 Å². The molecule has 0 aromatic heterocycles. The highest BCUT2D eigenvalue weighted by molar-refractivity contribution is 6.06. The molecule has 2 bridgehead atoms. The molecule has 2 amide bonds. The molecule has 3 heterocycles. The second-order valence-electron chi connectivity index (χ2n) is 4.93. The zero-order chi connectivity index (χ0) is 10.8. The van der Waals surface area contributed by atoms with Gasteiger partial charge in [-0.1, -0.05) is 0 Å². The van der Waals surface area contributed by atoms with E-state index in [1.165, 1.54) is 4.90 Å². The Morgan fingerprint density at radius 2 is 2.20 bits per heavy atom. The van der Waals surface area contributed by atoms with Crippen molar-refractivity contribution in [3.8, 4) is 0 Å². The second-order valence-corrected chi connectivity index (χ2v) is 4.93. The fourth-order valence-corrected chi connectivity index (χ4v) is 3.45. The molecule has 3 aliphatic rings. The lowest BCUT2D eigenvalue weighted by Gasteiger charge is -2.26. The van der Waals surface area contributed by atoms with Crippen LogP contribution in [-0.4, -0.2) is 35.0 Å². The lowest BCUT2D eigenvalue weighted by molar-refractivity contribution is -0.144. The van der Waals surface area contributed by atoms with Gasteiger partial charge >= 0.3 is 0 Å². The first-order valence-corrected chi connectivity index (χ1v) is 5.61. The molecule has 0 aromatic carbocycles. The van der Waals surface area contributed by atoms with Gasteiger partial charge in [-0.05, 0) is 26.7 Å². The number of carbonyl (C=O) groups is 2. The molecule has 0 unspecified atom stereocenters. The van der Waals surface area contributed by atoms with E-state index in [1.807, 2.05) is 13.8 Å². The first kappa shape index (κ1) is 9.33. The van der Waals surface area contributed by atoms with Gasteiger partial charge < -0.3 is 4.74 Å². The summed E-state index contributed by atoms with van der Waals surface area (Å²) < 4.78 is 5.79. The van der Waals surface area contributed by atoms with Crippen LogP contribution >= 0.6 is 0 Å². The smallest absolute Gasteiger partial charge is 0.236 e. The van der Waals surface area contributed by atoms with Crippen LogP contribution in [-0.2, 0) is 14.3 Å². The van der Waals surface area contributed by atoms with Gasteiger partial charge in [-0.3, -0.25) is 14.5 Å². The van der Waals surface area contributed by atoms with E-state index < -0.39 is 0 Å². The average Bonchev–Trinajstić information content (AvgIpc) is 2.77. The molecule has 0 radical (unpaired) electrons. The monoisotopic (exact) mass is 209 g/mol. The standard InChI is InChI=1S/C11H15NO3/c1-3-12-9(13)7-6-4-5-11(2,15-6)8(7)10(12)14/h6-8H,3-5H2,1-2H3/t6-,7-,8-,11-/m0/s1. The summed E-state index contributed by atoms with van der Waals surface area (Å²) in [5, 5.41) is 0. The second kappa shape index (κ2) is 2.61. The average molecular weight is 209 g/mol. The molecular formula is C11H15NO3. The van der Waals surface area contributed by atoms with Gasteiger partial charge in [0.15, 0.2) is 0 Å². The maximum Gasteiger partial charge on any atom is 0.236 e. The molecule has 4 nitrogen and oxygen atoms in total. The third-order valence-electron chi connectivity index (χ3n) is 4.16. The number of hydrogen-bond acceptors (Lipinski definition) is 3. The molecule has 0 spiro atoms. The minimum atomic E-state index is -0.369. The van der Waals surface area contributed by atoms with Crippen LogP contribution in [0.2, 0.25) is 0 Å². The molecule has 3 rings (SSSR count). The highest BCUT2D eigenvalue weighted by atomic mass is 16.5. The van der Waals surface area contributed by atoms with E-state index in [2.05, 4.69) is 0 Å². The molecule has 15 heavy (non-hydrogen) atoms. The molecule has 0 N–H and O–H groups in total. The van der Waals surface area contributed by atoms with Crippen molar-refractivity contribution in [2.24, 2.45) is 11.8 Å². The number of amides is 2. The lowest BCUT2D eigenvalue weighted by atomic mass is 9.74. The summed E-state index contributed by atoms with van der Waals surface area (Å²) in [6.45, 7) is 4.32. The normalized spacial score (nSPS) is 47.9. The number of hydrogen-bond donors (Lipinski definition) is 0. The van der Waals surface area contributed by atoms with Crippen LogP contribution in [0, 0.1) is 11.8 Å². The largest absolute Gasteiger partial charge is 0.370 e. The summed E-state index contributed by atoms with van der Waals surface area (Å²) in [5.41, 5.74) is -0.369. The van der Waals surface area contributed by atoms with Crippen molar-refractivity contribution in [1.29, 1.82) is 0 Å². The van der Waals surface area contributed by atoms with Crippen molar-refractivity contribution < 1.29 is 14.3 Å². The summed E-state index contributed by atoms with van der Waals surface area (Å²) in [7, 11) is 0. The summed E-state index contributed by atoms with van der Waals surface area (Å²) in [6.07, 6.45) is 1.83. The first-order chi connectivity index (χ1) is 7.08. The van der Waals surface area contributed by atoms with Crippen LogP contribution in [0.15, 0.2) is 0 Å². The Morgan fingerprint density at radius 3 is 2.80 bits per heavy atom. The van der Waals surface area contributed by atoms with Crippen molar-refractivity contribution in [3.05, 3.63) is 0 Å². The predicted molar refractivity (Wildman–Crippen MR) is 51.9 cm³/mol. The Kier molecular flexibility index (Phi) is 1.63. The topological polar surface area (TPSA) is 46.6 Å². The van der Waals surface area contributed by atoms with Crippen molar-refractivity contribution in [1.82, 2.24) is 4.90 Å². The zero-order valence-corrected chi connectivity index (χ0v) is 9.03. The Labute approximate surface area is 88.6 Å². The maximum atomic E-state index is 12.0. The first-order valence-electron chi connectivity index (χ1n) is 5.61. The molecule has 0 aromatic rings. The summed E-state index contributed by atoms with van der Waals surface area (Å²) in [5.74, 6) is -0.418. The molecule has 82 valence electrons. The zero-order valence-electron chi connectivity index (χ0n) is 9.03. The number of imide groups is 1. The third kappa shape index (κ3) is 0.911. The van der Waals surface area contributed by atoms with E-state index >= 15 is 0 Å². The van der Waals surface area contributed by atoms with E-state index in [1.54, 1.807) is 0 Å². The minimum absolute atomic E-state index is 0.00648. The lowest BCUT2D eigenvalue weighted by Crippen LogP contribution is -2.39. The van der Waals surface area contributed by atoms with E-state index in [-0.39, 0.29) is 35.4 Å². The van der Waals surface area contributed by atoms with Gasteiger partial charge in [-0.25, -0.2) is 0 Å². The maximum absolute atomic E-state index is 12.0. The fraction of sp³-hybridized carbons (Fsp3) is 0.818. The van der Waals surface area contributed by atoms with Crippen LogP contribution < -0.4 is 0 Å². The molecule has 3 saturated heterocycles. The van der Waals surface area contributed by atoms with Crippen LogP contribution in [0.3, 0.4) is 0 Å². The minimum Gasteiger partial charge on any atom is -0.370 e.